The Kier molecular flexibility index (Phi) is 6.12. The minimum Gasteiger partial charge on any atom is -0.456 e. The first kappa shape index (κ1) is 25.2. The zero-order chi connectivity index (χ0) is 27.4. The molecule has 0 saturated heterocycles. The van der Waals surface area contributed by atoms with Gasteiger partial charge in [0.25, 0.3) is 0 Å². The van der Waals surface area contributed by atoms with Crippen molar-refractivity contribution < 1.29 is 14.3 Å². The van der Waals surface area contributed by atoms with E-state index in [1.165, 1.54) is 19.3 Å². The molecule has 1 unspecified atom stereocenters. The zero-order valence-corrected chi connectivity index (χ0v) is 23.6. The molecule has 0 N–H and O–H groups in total. The molecule has 4 nitrogen and oxygen atoms in total. The average Bonchev–Trinajstić information content (AvgIpc) is 3.28. The van der Waals surface area contributed by atoms with Crippen molar-refractivity contribution in [1.82, 2.24) is 0 Å². The Bertz CT molecular complexity index is 1620. The van der Waals surface area contributed by atoms with Crippen molar-refractivity contribution in [2.24, 2.45) is 5.92 Å². The highest BCUT2D eigenvalue weighted by molar-refractivity contribution is 6.30. The third kappa shape index (κ3) is 3.84. The number of carbonyl (C=O) groups excluding carboxylic acids is 1. The fourth-order valence-electron chi connectivity index (χ4n) is 7.01. The second-order valence-electron chi connectivity index (χ2n) is 11.3. The Morgan fingerprint density at radius 3 is 2.35 bits per heavy atom. The lowest BCUT2D eigenvalue weighted by Crippen LogP contribution is -2.36. The van der Waals surface area contributed by atoms with Crippen LogP contribution in [0.1, 0.15) is 71.6 Å². The minimum atomic E-state index is -1.07. The van der Waals surface area contributed by atoms with Crippen LogP contribution >= 0.6 is 11.6 Å². The molecule has 40 heavy (non-hydrogen) atoms. The van der Waals surface area contributed by atoms with E-state index in [4.69, 9.17) is 21.1 Å². The van der Waals surface area contributed by atoms with Crippen LogP contribution in [0.5, 0.6) is 11.5 Å². The Morgan fingerprint density at radius 1 is 0.850 bits per heavy atom. The lowest BCUT2D eigenvalue weighted by molar-refractivity contribution is 0.0224. The number of ether oxygens (including phenoxy) is 2. The minimum absolute atomic E-state index is 0.313. The second kappa shape index (κ2) is 9.71. The van der Waals surface area contributed by atoms with Crippen LogP contribution in [0.2, 0.25) is 5.02 Å². The van der Waals surface area contributed by atoms with Gasteiger partial charge in [-0.25, -0.2) is 4.79 Å². The number of anilines is 2. The summed E-state index contributed by atoms with van der Waals surface area (Å²) in [4.78, 5) is 15.8. The molecule has 4 aromatic carbocycles. The van der Waals surface area contributed by atoms with Crippen molar-refractivity contribution in [1.29, 1.82) is 0 Å². The summed E-state index contributed by atoms with van der Waals surface area (Å²) >= 11 is 6.39. The van der Waals surface area contributed by atoms with Gasteiger partial charge in [0.15, 0.2) is 5.60 Å². The molecule has 2 aliphatic heterocycles. The van der Waals surface area contributed by atoms with Crippen molar-refractivity contribution >= 4 is 28.9 Å². The summed E-state index contributed by atoms with van der Waals surface area (Å²) in [6.07, 6.45) is 5.93. The van der Waals surface area contributed by atoms with Crippen LogP contribution in [0.15, 0.2) is 84.9 Å². The standard InChI is InChI=1S/C35H32ClNO3/c1-3-23-12-15-25(16-13-23)37(31-18-14-24(36)20-22(31)2)26-17-19-33-30(21-26)35(29-10-6-7-11-32(29)39-33)28-9-5-4-8-27(28)34(38)40-35/h4-11,14,17-21,23,25H,3,12-13,15-16H2,1-2H3. The number of rotatable bonds is 4. The lowest BCUT2D eigenvalue weighted by Gasteiger charge is -2.41. The highest BCUT2D eigenvalue weighted by Gasteiger charge is 2.53. The molecule has 0 amide bonds. The Labute approximate surface area is 240 Å². The van der Waals surface area contributed by atoms with E-state index in [0.29, 0.717) is 23.1 Å². The maximum atomic E-state index is 13.3. The van der Waals surface area contributed by atoms with Gasteiger partial charge in [0.1, 0.15) is 11.5 Å². The van der Waals surface area contributed by atoms with Crippen molar-refractivity contribution in [2.75, 3.05) is 4.90 Å². The number of fused-ring (bicyclic) bond motifs is 6. The largest absolute Gasteiger partial charge is 0.456 e. The molecule has 3 aliphatic rings. The van der Waals surface area contributed by atoms with Crippen LogP contribution in [0.3, 0.4) is 0 Å². The molecular weight excluding hydrogens is 518 g/mol. The maximum absolute atomic E-state index is 13.3. The van der Waals surface area contributed by atoms with Gasteiger partial charge < -0.3 is 14.4 Å². The molecule has 0 radical (unpaired) electrons. The van der Waals surface area contributed by atoms with Gasteiger partial charge in [0.2, 0.25) is 0 Å². The van der Waals surface area contributed by atoms with Gasteiger partial charge in [-0.2, -0.15) is 0 Å². The van der Waals surface area contributed by atoms with E-state index in [0.717, 1.165) is 57.4 Å². The number of nitrogens with zero attached hydrogens (tertiary/aromatic N) is 1. The van der Waals surface area contributed by atoms with E-state index in [9.17, 15) is 4.79 Å². The Balaban J connectivity index is 1.43. The fourth-order valence-corrected chi connectivity index (χ4v) is 7.23. The predicted octanol–water partition coefficient (Wildman–Crippen LogP) is 9.32. The second-order valence-corrected chi connectivity index (χ2v) is 11.7. The topological polar surface area (TPSA) is 38.8 Å². The molecule has 1 fully saturated rings. The molecule has 1 spiro atoms. The van der Waals surface area contributed by atoms with E-state index in [1.54, 1.807) is 0 Å². The number of halogens is 1. The van der Waals surface area contributed by atoms with Crippen molar-refractivity contribution in [3.05, 3.63) is 118 Å². The van der Waals surface area contributed by atoms with Gasteiger partial charge in [-0.1, -0.05) is 61.3 Å². The Hall–Kier alpha value is -3.76. The number of carbonyl (C=O) groups is 1. The van der Waals surface area contributed by atoms with Crippen LogP contribution < -0.4 is 9.64 Å². The first-order valence-corrected chi connectivity index (χ1v) is 14.7. The maximum Gasteiger partial charge on any atom is 0.340 e. The highest BCUT2D eigenvalue weighted by atomic mass is 35.5. The molecule has 4 aromatic rings. The zero-order valence-electron chi connectivity index (χ0n) is 22.8. The van der Waals surface area contributed by atoms with E-state index >= 15 is 0 Å². The third-order valence-electron chi connectivity index (χ3n) is 9.06. The summed E-state index contributed by atoms with van der Waals surface area (Å²) in [6.45, 7) is 4.42. The van der Waals surface area contributed by atoms with Crippen molar-refractivity contribution in [3.63, 3.8) is 0 Å². The third-order valence-corrected chi connectivity index (χ3v) is 9.29. The number of benzene rings is 4. The van der Waals surface area contributed by atoms with Crippen LogP contribution in [-0.4, -0.2) is 12.0 Å². The van der Waals surface area contributed by atoms with Crippen LogP contribution in [0.25, 0.3) is 0 Å². The van der Waals surface area contributed by atoms with Crippen LogP contribution in [-0.2, 0) is 10.3 Å². The molecule has 202 valence electrons. The normalized spacial score (nSPS) is 22.6. The number of para-hydroxylation sites is 1. The van der Waals surface area contributed by atoms with Gasteiger partial charge in [0.05, 0.1) is 5.56 Å². The summed E-state index contributed by atoms with van der Waals surface area (Å²) in [5.41, 5.74) is 5.42. The molecule has 7 rings (SSSR count). The van der Waals surface area contributed by atoms with E-state index in [1.807, 2.05) is 66.7 Å². The first-order valence-electron chi connectivity index (χ1n) is 14.3. The van der Waals surface area contributed by atoms with Gasteiger partial charge in [-0.05, 0) is 92.6 Å². The molecule has 5 heteroatoms. The van der Waals surface area contributed by atoms with Crippen molar-refractivity contribution in [2.45, 2.75) is 57.6 Å². The number of esters is 1. The van der Waals surface area contributed by atoms with Crippen LogP contribution in [0.4, 0.5) is 11.4 Å². The van der Waals surface area contributed by atoms with Gasteiger partial charge >= 0.3 is 5.97 Å². The Morgan fingerprint density at radius 2 is 1.57 bits per heavy atom. The molecule has 0 bridgehead atoms. The fraction of sp³-hybridized carbons (Fsp3) is 0.286. The monoisotopic (exact) mass is 549 g/mol. The molecule has 1 saturated carbocycles. The molecular formula is C35H32ClNO3. The molecule has 1 aliphatic carbocycles. The van der Waals surface area contributed by atoms with Gasteiger partial charge in [-0.15, -0.1) is 0 Å². The summed E-state index contributed by atoms with van der Waals surface area (Å²) in [7, 11) is 0. The highest BCUT2D eigenvalue weighted by Crippen LogP contribution is 2.57. The quantitative estimate of drug-likeness (QED) is 0.238. The number of hydrogen-bond donors (Lipinski definition) is 0. The molecule has 1 atom stereocenters. The lowest BCUT2D eigenvalue weighted by atomic mass is 9.77. The summed E-state index contributed by atoms with van der Waals surface area (Å²) in [5.74, 6) is 1.88. The summed E-state index contributed by atoms with van der Waals surface area (Å²) < 4.78 is 12.9. The number of aryl methyl sites for hydroxylation is 1. The van der Waals surface area contributed by atoms with Crippen LogP contribution in [0, 0.1) is 12.8 Å². The van der Waals surface area contributed by atoms with E-state index < -0.39 is 5.60 Å². The van der Waals surface area contributed by atoms with Gasteiger partial charge in [0, 0.05) is 39.1 Å². The molecule has 2 heterocycles. The SMILES string of the molecule is CCC1CCC(N(c2ccc3c(c2)C2(OC(=O)c4ccccc42)c2ccccc2O3)c2ccc(Cl)cc2C)CC1. The van der Waals surface area contributed by atoms with Gasteiger partial charge in [-0.3, -0.25) is 0 Å². The van der Waals surface area contributed by atoms with E-state index in [-0.39, 0.29) is 5.97 Å². The smallest absolute Gasteiger partial charge is 0.340 e. The summed E-state index contributed by atoms with van der Waals surface area (Å²) in [6, 6.07) is 28.5. The average molecular weight is 550 g/mol. The summed E-state index contributed by atoms with van der Waals surface area (Å²) in [5, 5.41) is 0.736. The van der Waals surface area contributed by atoms with Crippen molar-refractivity contribution in [3.8, 4) is 11.5 Å². The van der Waals surface area contributed by atoms with E-state index in [2.05, 4.69) is 36.9 Å². The molecule has 0 aromatic heterocycles. The number of hydrogen-bond acceptors (Lipinski definition) is 4. The predicted molar refractivity (Wildman–Crippen MR) is 159 cm³/mol. The first-order chi connectivity index (χ1) is 19.5.